The number of aromatic nitrogens is 2. The summed E-state index contributed by atoms with van der Waals surface area (Å²) in [5.41, 5.74) is 0.765. The molecular weight excluding hydrogens is 382 g/mol. The van der Waals surface area contributed by atoms with E-state index in [-0.39, 0.29) is 18.6 Å². The van der Waals surface area contributed by atoms with Crippen LogP contribution in [0, 0.1) is 0 Å². The fourth-order valence-corrected chi connectivity index (χ4v) is 3.76. The van der Waals surface area contributed by atoms with Gasteiger partial charge in [-0.2, -0.15) is 0 Å². The number of ether oxygens (including phenoxy) is 3. The van der Waals surface area contributed by atoms with E-state index in [1.807, 2.05) is 11.0 Å². The Labute approximate surface area is 168 Å². The van der Waals surface area contributed by atoms with Gasteiger partial charge in [0.1, 0.15) is 12.6 Å². The highest BCUT2D eigenvalue weighted by molar-refractivity contribution is 6.32. The highest BCUT2D eigenvalue weighted by Crippen LogP contribution is 2.38. The number of hydrogen-bond donors (Lipinski definition) is 0. The van der Waals surface area contributed by atoms with Crippen LogP contribution in [0.1, 0.15) is 31.2 Å². The maximum absolute atomic E-state index is 12.8. The molecule has 4 rings (SSSR count). The maximum Gasteiger partial charge on any atom is 0.329 e. The molecule has 1 atom stereocenters. The Morgan fingerprint density at radius 2 is 2.00 bits per heavy atom. The van der Waals surface area contributed by atoms with Gasteiger partial charge in [-0.25, -0.2) is 14.8 Å². The molecule has 0 radical (unpaired) electrons. The minimum atomic E-state index is -0.382. The van der Waals surface area contributed by atoms with Crippen LogP contribution < -0.4 is 14.4 Å². The lowest BCUT2D eigenvalue weighted by atomic mass is 10.0. The third-order valence-corrected chi connectivity index (χ3v) is 5.11. The predicted octanol–water partition coefficient (Wildman–Crippen LogP) is 3.39. The van der Waals surface area contributed by atoms with E-state index in [1.54, 1.807) is 24.5 Å². The lowest BCUT2D eigenvalue weighted by molar-refractivity contribution is -0.147. The van der Waals surface area contributed by atoms with Crippen molar-refractivity contribution in [2.45, 2.75) is 38.3 Å². The summed E-state index contributed by atoms with van der Waals surface area (Å²) in [5, 5.41) is 0.461. The molecule has 3 heterocycles. The van der Waals surface area contributed by atoms with Gasteiger partial charge in [0.15, 0.2) is 11.5 Å². The van der Waals surface area contributed by atoms with Crippen LogP contribution >= 0.6 is 11.6 Å². The van der Waals surface area contributed by atoms with Crippen LogP contribution in [0.2, 0.25) is 5.02 Å². The Balaban J connectivity index is 1.45. The van der Waals surface area contributed by atoms with Crippen molar-refractivity contribution >= 4 is 23.5 Å². The average Bonchev–Trinajstić information content (AvgIpc) is 2.98. The van der Waals surface area contributed by atoms with Crippen LogP contribution in [-0.4, -0.2) is 41.7 Å². The van der Waals surface area contributed by atoms with Crippen molar-refractivity contribution in [1.82, 2.24) is 9.97 Å². The van der Waals surface area contributed by atoms with Gasteiger partial charge < -0.3 is 19.1 Å². The first-order valence-corrected chi connectivity index (χ1v) is 9.88. The lowest BCUT2D eigenvalue weighted by Gasteiger charge is -2.33. The number of nitrogens with zero attached hydrogens (tertiary/aromatic N) is 3. The number of fused-ring (bicyclic) bond motifs is 1. The number of hydrogen-bond acceptors (Lipinski definition) is 7. The van der Waals surface area contributed by atoms with Crippen molar-refractivity contribution in [3.05, 3.63) is 41.2 Å². The first kappa shape index (κ1) is 18.8. The molecule has 1 saturated heterocycles. The minimum absolute atomic E-state index is 0.120. The van der Waals surface area contributed by atoms with Gasteiger partial charge in [0.05, 0.1) is 18.2 Å². The number of carbonyl (C=O) groups excluding carboxylic acids is 1. The van der Waals surface area contributed by atoms with Gasteiger partial charge in [0.25, 0.3) is 0 Å². The molecule has 7 nitrogen and oxygen atoms in total. The summed E-state index contributed by atoms with van der Waals surface area (Å²) in [5.74, 6) is 1.42. The lowest BCUT2D eigenvalue weighted by Crippen LogP contribution is -2.46. The van der Waals surface area contributed by atoms with Crippen molar-refractivity contribution < 1.29 is 19.0 Å². The van der Waals surface area contributed by atoms with E-state index >= 15 is 0 Å². The summed E-state index contributed by atoms with van der Waals surface area (Å²) >= 11 is 6.32. The molecule has 0 aliphatic carbocycles. The van der Waals surface area contributed by atoms with E-state index in [2.05, 4.69) is 9.97 Å². The van der Waals surface area contributed by atoms with Gasteiger partial charge in [-0.1, -0.05) is 11.6 Å². The normalized spacial score (nSPS) is 19.0. The zero-order chi connectivity index (χ0) is 19.3. The first-order chi connectivity index (χ1) is 13.7. The van der Waals surface area contributed by atoms with Crippen LogP contribution in [-0.2, 0) is 16.1 Å². The van der Waals surface area contributed by atoms with Crippen molar-refractivity contribution in [1.29, 1.82) is 0 Å². The summed E-state index contributed by atoms with van der Waals surface area (Å²) in [7, 11) is 0. The Morgan fingerprint density at radius 1 is 1.18 bits per heavy atom. The molecule has 0 N–H and O–H groups in total. The van der Waals surface area contributed by atoms with Gasteiger partial charge in [-0.3, -0.25) is 0 Å². The summed E-state index contributed by atoms with van der Waals surface area (Å²) in [4.78, 5) is 23.3. The molecule has 28 heavy (non-hydrogen) atoms. The Hall–Kier alpha value is -2.54. The molecule has 0 bridgehead atoms. The molecule has 0 amide bonds. The molecule has 8 heteroatoms. The SMILES string of the molecule is O=C(OCc1cc(Cl)c2c(c1)OCCCO2)[C@@H]1CCCCN1c1ncccn1. The van der Waals surface area contributed by atoms with E-state index in [0.717, 1.165) is 37.8 Å². The van der Waals surface area contributed by atoms with Gasteiger partial charge in [0, 0.05) is 25.4 Å². The molecule has 1 aromatic carbocycles. The molecule has 2 aromatic rings. The van der Waals surface area contributed by atoms with Gasteiger partial charge >= 0.3 is 5.97 Å². The van der Waals surface area contributed by atoms with E-state index < -0.39 is 0 Å². The van der Waals surface area contributed by atoms with Gasteiger partial charge in [-0.05, 0) is 43.0 Å². The summed E-state index contributed by atoms with van der Waals surface area (Å²) in [6.07, 6.45) is 6.85. The number of carbonyl (C=O) groups is 1. The Morgan fingerprint density at radius 3 is 2.86 bits per heavy atom. The van der Waals surface area contributed by atoms with E-state index in [9.17, 15) is 4.79 Å². The second kappa shape index (κ2) is 8.65. The number of anilines is 1. The van der Waals surface area contributed by atoms with Gasteiger partial charge in [-0.15, -0.1) is 0 Å². The minimum Gasteiger partial charge on any atom is -0.489 e. The van der Waals surface area contributed by atoms with Crippen LogP contribution in [0.15, 0.2) is 30.6 Å². The smallest absolute Gasteiger partial charge is 0.329 e. The monoisotopic (exact) mass is 403 g/mol. The van der Waals surface area contributed by atoms with Crippen LogP contribution in [0.5, 0.6) is 11.5 Å². The first-order valence-electron chi connectivity index (χ1n) is 9.50. The zero-order valence-corrected chi connectivity index (χ0v) is 16.2. The second-order valence-corrected chi connectivity index (χ2v) is 7.22. The number of benzene rings is 1. The summed E-state index contributed by atoms with van der Waals surface area (Å²) < 4.78 is 16.9. The Kier molecular flexibility index (Phi) is 5.81. The van der Waals surface area contributed by atoms with Crippen molar-refractivity contribution in [2.24, 2.45) is 0 Å². The number of rotatable bonds is 4. The van der Waals surface area contributed by atoms with E-state index in [1.165, 1.54) is 0 Å². The topological polar surface area (TPSA) is 73.8 Å². The molecule has 2 aliphatic rings. The summed E-state index contributed by atoms with van der Waals surface area (Å²) in [6.45, 7) is 2.00. The molecule has 0 spiro atoms. The Bertz CT molecular complexity index is 834. The standard InChI is InChI=1S/C20H22ClN3O4/c21-15-11-14(12-17-18(15)27-10-4-9-26-17)13-28-19(25)16-5-1-2-8-24(16)20-22-6-3-7-23-20/h3,6-7,11-12,16H,1-2,4-5,8-10,13H2/t16-/m0/s1. The highest BCUT2D eigenvalue weighted by Gasteiger charge is 2.31. The second-order valence-electron chi connectivity index (χ2n) is 6.82. The number of esters is 1. The largest absolute Gasteiger partial charge is 0.489 e. The molecular formula is C20H22ClN3O4. The molecule has 1 fully saturated rings. The van der Waals surface area contributed by atoms with Crippen molar-refractivity contribution in [3.63, 3.8) is 0 Å². The number of piperidine rings is 1. The van der Waals surface area contributed by atoms with Gasteiger partial charge in [0.2, 0.25) is 5.95 Å². The number of halogens is 1. The molecule has 0 saturated carbocycles. The fourth-order valence-electron chi connectivity index (χ4n) is 3.47. The quantitative estimate of drug-likeness (QED) is 0.724. The molecule has 2 aliphatic heterocycles. The third kappa shape index (κ3) is 4.14. The van der Waals surface area contributed by atoms with E-state index in [4.69, 9.17) is 25.8 Å². The van der Waals surface area contributed by atoms with Crippen LogP contribution in [0.3, 0.4) is 0 Å². The third-order valence-electron chi connectivity index (χ3n) is 4.83. The van der Waals surface area contributed by atoms with Crippen molar-refractivity contribution in [3.8, 4) is 11.5 Å². The van der Waals surface area contributed by atoms with E-state index in [0.29, 0.717) is 35.7 Å². The molecule has 148 valence electrons. The van der Waals surface area contributed by atoms with Crippen LogP contribution in [0.4, 0.5) is 5.95 Å². The van der Waals surface area contributed by atoms with Crippen molar-refractivity contribution in [2.75, 3.05) is 24.7 Å². The maximum atomic E-state index is 12.8. The molecule has 1 aromatic heterocycles. The highest BCUT2D eigenvalue weighted by atomic mass is 35.5. The van der Waals surface area contributed by atoms with Crippen LogP contribution in [0.25, 0.3) is 0 Å². The predicted molar refractivity (Wildman–Crippen MR) is 104 cm³/mol. The average molecular weight is 404 g/mol. The fraction of sp³-hybridized carbons (Fsp3) is 0.450. The zero-order valence-electron chi connectivity index (χ0n) is 15.5. The molecule has 0 unspecified atom stereocenters. The summed E-state index contributed by atoms with van der Waals surface area (Å²) in [6, 6.07) is 4.95.